The van der Waals surface area contributed by atoms with E-state index in [2.05, 4.69) is 10.1 Å². The Morgan fingerprint density at radius 2 is 1.87 bits per heavy atom. The first-order chi connectivity index (χ1) is 11.1. The molecule has 0 bridgehead atoms. The number of rotatable bonds is 9. The summed E-state index contributed by atoms with van der Waals surface area (Å²) in [7, 11) is 1.39. The Balaban J connectivity index is 2.22. The van der Waals surface area contributed by atoms with Crippen molar-refractivity contribution >= 4 is 18.0 Å². The molecule has 0 fully saturated rings. The van der Waals surface area contributed by atoms with Gasteiger partial charge in [0.15, 0.2) is 0 Å². The molecule has 1 amide bonds. The van der Waals surface area contributed by atoms with Gasteiger partial charge < -0.3 is 10.1 Å². The fourth-order valence-corrected chi connectivity index (χ4v) is 1.96. The van der Waals surface area contributed by atoms with Gasteiger partial charge in [-0.1, -0.05) is 55.0 Å². The van der Waals surface area contributed by atoms with Gasteiger partial charge >= 0.3 is 5.97 Å². The maximum absolute atomic E-state index is 11.9. The molecule has 0 saturated heterocycles. The third-order valence-corrected chi connectivity index (χ3v) is 3.36. The number of nitrogens with one attached hydrogen (secondary N) is 1. The number of esters is 1. The van der Waals surface area contributed by atoms with E-state index in [1.807, 2.05) is 42.5 Å². The molecule has 124 valence electrons. The summed E-state index contributed by atoms with van der Waals surface area (Å²) in [5.74, 6) is -0.242. The lowest BCUT2D eigenvalue weighted by atomic mass is 10.2. The predicted octanol–water partition coefficient (Wildman–Crippen LogP) is 3.50. The summed E-state index contributed by atoms with van der Waals surface area (Å²) in [4.78, 5) is 22.8. The molecule has 0 unspecified atom stereocenters. The minimum Gasteiger partial charge on any atom is -0.469 e. The van der Waals surface area contributed by atoms with E-state index in [0.717, 1.165) is 24.8 Å². The fraction of sp³-hybridized carbons (Fsp3) is 0.368. The SMILES string of the molecule is COC(=O)CCCCCNC(=O)C(C)=CC=Cc1ccccc1. The minimum atomic E-state index is -0.182. The summed E-state index contributed by atoms with van der Waals surface area (Å²) in [6.45, 7) is 2.41. The van der Waals surface area contributed by atoms with Crippen LogP contribution in [0.4, 0.5) is 0 Å². The van der Waals surface area contributed by atoms with Crippen LogP contribution >= 0.6 is 0 Å². The van der Waals surface area contributed by atoms with E-state index in [0.29, 0.717) is 18.5 Å². The summed E-state index contributed by atoms with van der Waals surface area (Å²) in [6.07, 6.45) is 8.62. The highest BCUT2D eigenvalue weighted by atomic mass is 16.5. The minimum absolute atomic E-state index is 0.0596. The number of hydrogen-bond acceptors (Lipinski definition) is 3. The first-order valence-corrected chi connectivity index (χ1v) is 7.88. The highest BCUT2D eigenvalue weighted by Crippen LogP contribution is 2.03. The van der Waals surface area contributed by atoms with Gasteiger partial charge in [-0.3, -0.25) is 9.59 Å². The molecule has 1 aromatic rings. The topological polar surface area (TPSA) is 55.4 Å². The van der Waals surface area contributed by atoms with E-state index >= 15 is 0 Å². The van der Waals surface area contributed by atoms with Crippen LogP contribution in [0.2, 0.25) is 0 Å². The van der Waals surface area contributed by atoms with Gasteiger partial charge in [-0.25, -0.2) is 0 Å². The molecule has 1 N–H and O–H groups in total. The van der Waals surface area contributed by atoms with E-state index in [-0.39, 0.29) is 11.9 Å². The average molecular weight is 315 g/mol. The van der Waals surface area contributed by atoms with E-state index in [1.54, 1.807) is 13.0 Å². The number of ether oxygens (including phenoxy) is 1. The third-order valence-electron chi connectivity index (χ3n) is 3.36. The second-order valence-electron chi connectivity index (χ2n) is 5.26. The quantitative estimate of drug-likeness (QED) is 0.328. The summed E-state index contributed by atoms with van der Waals surface area (Å²) in [5.41, 5.74) is 1.77. The van der Waals surface area contributed by atoms with Crippen LogP contribution in [0.1, 0.15) is 38.2 Å². The van der Waals surface area contributed by atoms with E-state index in [9.17, 15) is 9.59 Å². The van der Waals surface area contributed by atoms with E-state index < -0.39 is 0 Å². The van der Waals surface area contributed by atoms with Gasteiger partial charge in [-0.05, 0) is 25.3 Å². The molecule has 0 spiro atoms. The Morgan fingerprint density at radius 1 is 1.13 bits per heavy atom. The van der Waals surface area contributed by atoms with Gasteiger partial charge in [0.1, 0.15) is 0 Å². The summed E-state index contributed by atoms with van der Waals surface area (Å²) >= 11 is 0. The van der Waals surface area contributed by atoms with Gasteiger partial charge in [0.25, 0.3) is 0 Å². The Bertz CT molecular complexity index is 547. The molecule has 4 nitrogen and oxygen atoms in total. The molecule has 0 atom stereocenters. The highest BCUT2D eigenvalue weighted by Gasteiger charge is 2.02. The lowest BCUT2D eigenvalue weighted by molar-refractivity contribution is -0.140. The number of amides is 1. The van der Waals surface area contributed by atoms with Gasteiger partial charge in [0, 0.05) is 18.5 Å². The molecule has 0 radical (unpaired) electrons. The zero-order chi connectivity index (χ0) is 16.9. The van der Waals surface area contributed by atoms with Crippen LogP contribution in [0.3, 0.4) is 0 Å². The van der Waals surface area contributed by atoms with Crippen molar-refractivity contribution in [1.29, 1.82) is 0 Å². The molecule has 0 aliphatic carbocycles. The average Bonchev–Trinajstić information content (AvgIpc) is 2.58. The summed E-state index contributed by atoms with van der Waals surface area (Å²) in [5, 5.41) is 2.88. The van der Waals surface area contributed by atoms with Gasteiger partial charge in [0.2, 0.25) is 5.91 Å². The van der Waals surface area contributed by atoms with Crippen molar-refractivity contribution in [3.05, 3.63) is 53.6 Å². The first kappa shape index (κ1) is 18.7. The molecule has 0 aliphatic rings. The maximum Gasteiger partial charge on any atom is 0.305 e. The lowest BCUT2D eigenvalue weighted by Crippen LogP contribution is -2.25. The monoisotopic (exact) mass is 315 g/mol. The Labute approximate surface area is 138 Å². The molecule has 1 aromatic carbocycles. The predicted molar refractivity (Wildman–Crippen MR) is 92.7 cm³/mol. The molecule has 0 aromatic heterocycles. The van der Waals surface area contributed by atoms with Gasteiger partial charge in [-0.2, -0.15) is 0 Å². The number of methoxy groups -OCH3 is 1. The second kappa shape index (κ2) is 11.2. The summed E-state index contributed by atoms with van der Waals surface area (Å²) < 4.78 is 4.57. The molecule has 0 saturated carbocycles. The Morgan fingerprint density at radius 3 is 2.57 bits per heavy atom. The van der Waals surface area contributed by atoms with Crippen LogP contribution < -0.4 is 5.32 Å². The third kappa shape index (κ3) is 8.61. The Kier molecular flexibility index (Phi) is 9.13. The second-order valence-corrected chi connectivity index (χ2v) is 5.26. The largest absolute Gasteiger partial charge is 0.469 e. The van der Waals surface area contributed by atoms with Crippen LogP contribution in [0.15, 0.2) is 48.1 Å². The Hall–Kier alpha value is -2.36. The number of unbranched alkanes of at least 4 members (excludes halogenated alkanes) is 2. The lowest BCUT2D eigenvalue weighted by Gasteiger charge is -2.05. The normalized spacial score (nSPS) is 11.5. The van der Waals surface area contributed by atoms with Crippen LogP contribution in [0.25, 0.3) is 6.08 Å². The van der Waals surface area contributed by atoms with Crippen LogP contribution in [-0.4, -0.2) is 25.5 Å². The van der Waals surface area contributed by atoms with Gasteiger partial charge in [-0.15, -0.1) is 0 Å². The fourth-order valence-electron chi connectivity index (χ4n) is 1.96. The van der Waals surface area contributed by atoms with Crippen LogP contribution in [-0.2, 0) is 14.3 Å². The number of benzene rings is 1. The molecule has 4 heteroatoms. The number of allylic oxidation sites excluding steroid dienone is 2. The molecule has 0 aliphatic heterocycles. The molecule has 0 heterocycles. The molecular formula is C19H25NO3. The van der Waals surface area contributed by atoms with E-state index in [4.69, 9.17) is 0 Å². The van der Waals surface area contributed by atoms with Crippen molar-refractivity contribution < 1.29 is 14.3 Å². The van der Waals surface area contributed by atoms with Crippen molar-refractivity contribution in [3.8, 4) is 0 Å². The number of hydrogen-bond donors (Lipinski definition) is 1. The molecular weight excluding hydrogens is 290 g/mol. The molecule has 1 rings (SSSR count). The van der Waals surface area contributed by atoms with Crippen molar-refractivity contribution in [1.82, 2.24) is 5.32 Å². The van der Waals surface area contributed by atoms with Crippen molar-refractivity contribution in [2.45, 2.75) is 32.6 Å². The van der Waals surface area contributed by atoms with Crippen molar-refractivity contribution in [2.24, 2.45) is 0 Å². The number of carbonyl (C=O) groups is 2. The van der Waals surface area contributed by atoms with Gasteiger partial charge in [0.05, 0.1) is 7.11 Å². The zero-order valence-corrected chi connectivity index (χ0v) is 13.9. The van der Waals surface area contributed by atoms with E-state index in [1.165, 1.54) is 7.11 Å². The first-order valence-electron chi connectivity index (χ1n) is 7.88. The maximum atomic E-state index is 11.9. The van der Waals surface area contributed by atoms with Crippen LogP contribution in [0, 0.1) is 0 Å². The standard InChI is InChI=1S/C19H25NO3/c1-16(10-9-13-17-11-5-3-6-12-17)19(22)20-15-8-4-7-14-18(21)23-2/h3,5-6,9-13H,4,7-8,14-15H2,1-2H3,(H,20,22). The highest BCUT2D eigenvalue weighted by molar-refractivity contribution is 5.93. The zero-order valence-electron chi connectivity index (χ0n) is 13.9. The smallest absolute Gasteiger partial charge is 0.305 e. The summed E-state index contributed by atoms with van der Waals surface area (Å²) in [6, 6.07) is 9.94. The number of carbonyl (C=O) groups excluding carboxylic acids is 2. The molecule has 23 heavy (non-hydrogen) atoms. The van der Waals surface area contributed by atoms with Crippen LogP contribution in [0.5, 0.6) is 0 Å². The van der Waals surface area contributed by atoms with Crippen molar-refractivity contribution in [2.75, 3.05) is 13.7 Å². The van der Waals surface area contributed by atoms with Crippen molar-refractivity contribution in [3.63, 3.8) is 0 Å².